The average molecular weight is 230 g/mol. The van der Waals surface area contributed by atoms with Gasteiger partial charge in [0.2, 0.25) is 0 Å². The zero-order chi connectivity index (χ0) is 11.6. The van der Waals surface area contributed by atoms with Gasteiger partial charge in [0.1, 0.15) is 5.60 Å². The van der Waals surface area contributed by atoms with Crippen LogP contribution in [0.25, 0.3) is 0 Å². The van der Waals surface area contributed by atoms with E-state index >= 15 is 0 Å². The van der Waals surface area contributed by atoms with Crippen molar-refractivity contribution in [3.63, 3.8) is 0 Å². The molecular formula is C12H22O4. The minimum atomic E-state index is -0.426. The Bertz CT molecular complexity index is 237. The Morgan fingerprint density at radius 3 is 2.81 bits per heavy atom. The van der Waals surface area contributed by atoms with E-state index in [1.165, 1.54) is 0 Å². The van der Waals surface area contributed by atoms with Crippen LogP contribution in [0.1, 0.15) is 46.0 Å². The lowest BCUT2D eigenvalue weighted by Gasteiger charge is -2.33. The molecule has 0 saturated carbocycles. The first kappa shape index (κ1) is 12.3. The molecule has 0 amide bonds. The van der Waals surface area contributed by atoms with Gasteiger partial charge in [-0.05, 0) is 26.2 Å². The van der Waals surface area contributed by atoms with E-state index in [1.807, 2.05) is 6.92 Å². The van der Waals surface area contributed by atoms with E-state index in [9.17, 15) is 5.11 Å². The molecule has 3 unspecified atom stereocenters. The van der Waals surface area contributed by atoms with Gasteiger partial charge in [0.05, 0.1) is 24.9 Å². The second-order valence-corrected chi connectivity index (χ2v) is 5.24. The average Bonchev–Trinajstić information content (AvgIpc) is 2.68. The molecule has 3 atom stereocenters. The summed E-state index contributed by atoms with van der Waals surface area (Å²) in [5, 5.41) is 10.2. The van der Waals surface area contributed by atoms with Crippen LogP contribution in [-0.2, 0) is 14.5 Å². The van der Waals surface area contributed by atoms with Crippen molar-refractivity contribution in [2.75, 3.05) is 13.2 Å². The van der Waals surface area contributed by atoms with Crippen LogP contribution in [0.15, 0.2) is 0 Å². The third kappa shape index (κ3) is 2.25. The lowest BCUT2D eigenvalue weighted by Crippen LogP contribution is -2.42. The topological polar surface area (TPSA) is 47.9 Å². The van der Waals surface area contributed by atoms with Crippen LogP contribution >= 0.6 is 0 Å². The Hall–Kier alpha value is -0.160. The van der Waals surface area contributed by atoms with Crippen LogP contribution in [0, 0.1) is 0 Å². The summed E-state index contributed by atoms with van der Waals surface area (Å²) in [6.45, 7) is 5.26. The molecule has 2 aliphatic heterocycles. The van der Waals surface area contributed by atoms with Crippen molar-refractivity contribution in [1.82, 2.24) is 0 Å². The van der Waals surface area contributed by atoms with Crippen LogP contribution in [0.2, 0.25) is 0 Å². The fourth-order valence-electron chi connectivity index (χ4n) is 2.60. The van der Waals surface area contributed by atoms with E-state index in [4.69, 9.17) is 14.5 Å². The molecule has 0 radical (unpaired) electrons. The van der Waals surface area contributed by atoms with Crippen LogP contribution < -0.4 is 0 Å². The molecule has 16 heavy (non-hydrogen) atoms. The van der Waals surface area contributed by atoms with Crippen molar-refractivity contribution < 1.29 is 19.6 Å². The first-order valence-electron chi connectivity index (χ1n) is 6.23. The Morgan fingerprint density at radius 1 is 1.38 bits per heavy atom. The molecule has 0 aromatic heterocycles. The minimum Gasteiger partial charge on any atom is -0.390 e. The molecule has 0 aromatic rings. The molecule has 94 valence electrons. The van der Waals surface area contributed by atoms with Gasteiger partial charge < -0.3 is 9.84 Å². The zero-order valence-corrected chi connectivity index (χ0v) is 10.2. The molecule has 2 aliphatic rings. The van der Waals surface area contributed by atoms with Gasteiger partial charge in [0.25, 0.3) is 0 Å². The summed E-state index contributed by atoms with van der Waals surface area (Å²) in [4.78, 5) is 10.3. The predicted octanol–water partition coefficient (Wildman–Crippen LogP) is 1.81. The summed E-state index contributed by atoms with van der Waals surface area (Å²) in [5.74, 6) is 0. The predicted molar refractivity (Wildman–Crippen MR) is 58.9 cm³/mol. The number of hydrogen-bond donors (Lipinski definition) is 1. The summed E-state index contributed by atoms with van der Waals surface area (Å²) < 4.78 is 5.93. The highest BCUT2D eigenvalue weighted by atomic mass is 17.2. The van der Waals surface area contributed by atoms with Gasteiger partial charge in [-0.15, -0.1) is 0 Å². The number of hydrogen-bond acceptors (Lipinski definition) is 4. The highest BCUT2D eigenvalue weighted by Gasteiger charge is 2.46. The molecule has 1 N–H and O–H groups in total. The maximum absolute atomic E-state index is 10.2. The maximum atomic E-state index is 10.2. The highest BCUT2D eigenvalue weighted by molar-refractivity contribution is 4.93. The van der Waals surface area contributed by atoms with Crippen molar-refractivity contribution in [3.05, 3.63) is 0 Å². The zero-order valence-electron chi connectivity index (χ0n) is 10.2. The lowest BCUT2D eigenvalue weighted by atomic mass is 9.89. The summed E-state index contributed by atoms with van der Waals surface area (Å²) in [6.07, 6.45) is 3.88. The third-order valence-corrected chi connectivity index (χ3v) is 3.87. The van der Waals surface area contributed by atoms with E-state index in [0.29, 0.717) is 13.2 Å². The fourth-order valence-corrected chi connectivity index (χ4v) is 2.60. The van der Waals surface area contributed by atoms with Crippen LogP contribution in [0.4, 0.5) is 0 Å². The maximum Gasteiger partial charge on any atom is 0.129 e. The molecule has 0 aromatic carbocycles. The summed E-state index contributed by atoms with van der Waals surface area (Å²) in [6, 6.07) is 0. The van der Waals surface area contributed by atoms with Crippen molar-refractivity contribution in [2.45, 2.75) is 63.3 Å². The van der Waals surface area contributed by atoms with E-state index in [2.05, 4.69) is 6.92 Å². The summed E-state index contributed by atoms with van der Waals surface area (Å²) in [5.41, 5.74) is -0.739. The highest BCUT2D eigenvalue weighted by Crippen LogP contribution is 2.37. The van der Waals surface area contributed by atoms with E-state index in [-0.39, 0.29) is 5.60 Å². The van der Waals surface area contributed by atoms with Gasteiger partial charge >= 0.3 is 0 Å². The number of aliphatic hydroxyl groups excluding tert-OH is 1. The summed E-state index contributed by atoms with van der Waals surface area (Å²) in [7, 11) is 0. The molecule has 2 saturated heterocycles. The number of ether oxygens (including phenoxy) is 1. The van der Waals surface area contributed by atoms with Crippen LogP contribution in [0.5, 0.6) is 0 Å². The Morgan fingerprint density at radius 2 is 2.19 bits per heavy atom. The molecule has 0 bridgehead atoms. The van der Waals surface area contributed by atoms with Crippen LogP contribution in [-0.4, -0.2) is 35.6 Å². The fraction of sp³-hybridized carbons (Fsp3) is 1.00. The van der Waals surface area contributed by atoms with Crippen molar-refractivity contribution >= 4 is 0 Å². The van der Waals surface area contributed by atoms with E-state index < -0.39 is 11.7 Å². The van der Waals surface area contributed by atoms with Crippen LogP contribution in [0.3, 0.4) is 0 Å². The monoisotopic (exact) mass is 230 g/mol. The molecular weight excluding hydrogens is 208 g/mol. The van der Waals surface area contributed by atoms with Gasteiger partial charge in [-0.3, -0.25) is 0 Å². The smallest absolute Gasteiger partial charge is 0.129 e. The Kier molecular flexibility index (Phi) is 3.54. The lowest BCUT2D eigenvalue weighted by molar-refractivity contribution is -0.319. The van der Waals surface area contributed by atoms with Gasteiger partial charge in [0.15, 0.2) is 0 Å². The molecule has 4 heteroatoms. The first-order valence-corrected chi connectivity index (χ1v) is 6.23. The van der Waals surface area contributed by atoms with Crippen molar-refractivity contribution in [3.8, 4) is 0 Å². The van der Waals surface area contributed by atoms with Gasteiger partial charge in [-0.2, -0.15) is 0 Å². The molecule has 4 nitrogen and oxygen atoms in total. The van der Waals surface area contributed by atoms with E-state index in [0.717, 1.165) is 32.1 Å². The molecule has 2 rings (SSSR count). The second-order valence-electron chi connectivity index (χ2n) is 5.24. The molecule has 1 spiro atoms. The Balaban J connectivity index is 2.05. The Labute approximate surface area is 96.8 Å². The quantitative estimate of drug-likeness (QED) is 0.735. The van der Waals surface area contributed by atoms with Gasteiger partial charge in [-0.25, -0.2) is 9.78 Å². The minimum absolute atomic E-state index is 0.313. The second kappa shape index (κ2) is 4.61. The normalized spacial score (nSPS) is 44.8. The van der Waals surface area contributed by atoms with Gasteiger partial charge in [-0.1, -0.05) is 13.3 Å². The molecule has 0 aliphatic carbocycles. The first-order chi connectivity index (χ1) is 7.60. The van der Waals surface area contributed by atoms with E-state index in [1.54, 1.807) is 0 Å². The summed E-state index contributed by atoms with van der Waals surface area (Å²) >= 11 is 0. The van der Waals surface area contributed by atoms with Gasteiger partial charge in [0, 0.05) is 6.42 Å². The van der Waals surface area contributed by atoms with Crippen molar-refractivity contribution in [2.24, 2.45) is 0 Å². The number of aliphatic hydroxyl groups is 1. The standard InChI is InChI=1S/C12H22O4/c1-3-5-11(2)10(13)4-6-12(9-14-11)7-8-15-16-12/h10,13H,3-9H2,1-2H3. The molecule has 2 heterocycles. The third-order valence-electron chi connectivity index (χ3n) is 3.87. The molecule has 2 fully saturated rings. The van der Waals surface area contributed by atoms with Crippen molar-refractivity contribution in [1.29, 1.82) is 0 Å². The number of rotatable bonds is 2. The largest absolute Gasteiger partial charge is 0.390 e. The SMILES string of the molecule is CCCC1(C)OCC2(CCOO2)CCC1O.